The molecule has 0 bridgehead atoms. The van der Waals surface area contributed by atoms with Gasteiger partial charge in [0.25, 0.3) is 0 Å². The maximum Gasteiger partial charge on any atom is 0.306 e. The van der Waals surface area contributed by atoms with Crippen LogP contribution < -0.4 is 0 Å². The zero-order valence-corrected chi connectivity index (χ0v) is 49.6. The molecule has 0 spiro atoms. The maximum absolute atomic E-state index is 12.9. The highest BCUT2D eigenvalue weighted by molar-refractivity contribution is 5.71. The first-order valence-corrected chi connectivity index (χ1v) is 32.6. The lowest BCUT2D eigenvalue weighted by atomic mass is 10.0. The fraction of sp³-hybridized carbons (Fsp3) is 0.838. The topological polar surface area (TPSA) is 78.9 Å². The van der Waals surface area contributed by atoms with Crippen LogP contribution in [0.5, 0.6) is 0 Å². The SMILES string of the molecule is CC/C=C\C/C=C\C/C=C\C/C=C\CCCCCCCCCCCCCCC(=O)OCC(COC(=O)CCCCCCCCCCC)OC(=O)CCCCCCCCCCCCCCCCCCCCCCCC. The van der Waals surface area contributed by atoms with Crippen LogP contribution in [0, 0.1) is 0 Å². The third kappa shape index (κ3) is 60.2. The van der Waals surface area contributed by atoms with Crippen molar-refractivity contribution in [1.82, 2.24) is 0 Å². The Balaban J connectivity index is 4.16. The zero-order valence-electron chi connectivity index (χ0n) is 49.6. The molecule has 432 valence electrons. The number of esters is 3. The molecule has 0 aromatic carbocycles. The van der Waals surface area contributed by atoms with Gasteiger partial charge in [0.15, 0.2) is 6.10 Å². The molecule has 74 heavy (non-hydrogen) atoms. The number of unbranched alkanes of at least 4 members (excludes halogenated alkanes) is 41. The fourth-order valence-electron chi connectivity index (χ4n) is 9.73. The van der Waals surface area contributed by atoms with Crippen LogP contribution in [0.4, 0.5) is 0 Å². The van der Waals surface area contributed by atoms with Gasteiger partial charge in [-0.2, -0.15) is 0 Å². The summed E-state index contributed by atoms with van der Waals surface area (Å²) in [6.07, 6.45) is 78.5. The minimum atomic E-state index is -0.769. The summed E-state index contributed by atoms with van der Waals surface area (Å²) in [5.41, 5.74) is 0. The molecule has 0 aromatic rings. The van der Waals surface area contributed by atoms with Gasteiger partial charge in [0.1, 0.15) is 13.2 Å². The van der Waals surface area contributed by atoms with E-state index in [0.29, 0.717) is 19.3 Å². The van der Waals surface area contributed by atoms with Gasteiger partial charge in [-0.15, -0.1) is 0 Å². The van der Waals surface area contributed by atoms with Crippen LogP contribution in [0.15, 0.2) is 48.6 Å². The zero-order chi connectivity index (χ0) is 53.6. The highest BCUT2D eigenvalue weighted by Crippen LogP contribution is 2.18. The molecule has 0 saturated carbocycles. The Morgan fingerprint density at radius 1 is 0.284 bits per heavy atom. The van der Waals surface area contributed by atoms with E-state index in [1.165, 1.54) is 225 Å². The van der Waals surface area contributed by atoms with Crippen molar-refractivity contribution in [2.75, 3.05) is 13.2 Å². The van der Waals surface area contributed by atoms with Crippen molar-refractivity contribution in [3.63, 3.8) is 0 Å². The van der Waals surface area contributed by atoms with Crippen LogP contribution in [-0.4, -0.2) is 37.2 Å². The van der Waals surface area contributed by atoms with E-state index in [-0.39, 0.29) is 31.1 Å². The molecule has 0 amide bonds. The molecule has 0 aliphatic carbocycles. The Labute approximate surface area is 460 Å². The highest BCUT2D eigenvalue weighted by Gasteiger charge is 2.19. The average Bonchev–Trinajstić information content (AvgIpc) is 3.40. The normalized spacial score (nSPS) is 12.3. The Bertz CT molecular complexity index is 1280. The maximum atomic E-state index is 12.9. The van der Waals surface area contributed by atoms with Gasteiger partial charge in [-0.05, 0) is 57.8 Å². The van der Waals surface area contributed by atoms with Gasteiger partial charge >= 0.3 is 17.9 Å². The summed E-state index contributed by atoms with van der Waals surface area (Å²) in [6.45, 7) is 6.57. The molecule has 0 aliphatic rings. The molecule has 6 nitrogen and oxygen atoms in total. The molecule has 0 heterocycles. The molecule has 1 atom stereocenters. The van der Waals surface area contributed by atoms with E-state index < -0.39 is 6.10 Å². The van der Waals surface area contributed by atoms with Crippen LogP contribution in [0.2, 0.25) is 0 Å². The summed E-state index contributed by atoms with van der Waals surface area (Å²) in [5.74, 6) is -0.850. The molecule has 0 fully saturated rings. The molecule has 0 N–H and O–H groups in total. The van der Waals surface area contributed by atoms with E-state index in [1.54, 1.807) is 0 Å². The lowest BCUT2D eigenvalue weighted by molar-refractivity contribution is -0.167. The van der Waals surface area contributed by atoms with Gasteiger partial charge in [-0.1, -0.05) is 320 Å². The predicted molar refractivity (Wildman–Crippen MR) is 321 cm³/mol. The molecule has 0 rings (SSSR count). The van der Waals surface area contributed by atoms with Crippen LogP contribution in [-0.2, 0) is 28.6 Å². The van der Waals surface area contributed by atoms with Crippen LogP contribution in [0.3, 0.4) is 0 Å². The van der Waals surface area contributed by atoms with Gasteiger partial charge in [0.2, 0.25) is 0 Å². The summed E-state index contributed by atoms with van der Waals surface area (Å²) >= 11 is 0. The molecular weight excluding hydrogens is 913 g/mol. The lowest BCUT2D eigenvalue weighted by Gasteiger charge is -2.18. The molecule has 6 heteroatoms. The van der Waals surface area contributed by atoms with Gasteiger partial charge in [-0.25, -0.2) is 0 Å². The Kier molecular flexibility index (Phi) is 60.7. The van der Waals surface area contributed by atoms with Gasteiger partial charge in [0.05, 0.1) is 0 Å². The van der Waals surface area contributed by atoms with Gasteiger partial charge < -0.3 is 14.2 Å². The van der Waals surface area contributed by atoms with Crippen molar-refractivity contribution in [1.29, 1.82) is 0 Å². The largest absolute Gasteiger partial charge is 0.462 e. The predicted octanol–water partition coefficient (Wildman–Crippen LogP) is 22.2. The number of hydrogen-bond donors (Lipinski definition) is 0. The first kappa shape index (κ1) is 71.4. The van der Waals surface area contributed by atoms with Gasteiger partial charge in [0, 0.05) is 19.3 Å². The quantitative estimate of drug-likeness (QED) is 0.0261. The highest BCUT2D eigenvalue weighted by atomic mass is 16.6. The standard InChI is InChI=1S/C68H124O6/c1-4-7-10-13-16-19-21-23-25-27-29-31-33-34-35-37-38-40-42-44-46-49-52-55-58-61-67(70)73-64-65(63-72-66(69)60-57-54-51-48-18-15-12-9-6-3)74-68(71)62-59-56-53-50-47-45-43-41-39-36-32-30-28-26-24-22-20-17-14-11-8-5-2/h7,10,16,19,23,25,29,31,65H,4-6,8-9,11-15,17-18,20-22,24,26-28,30,32-64H2,1-3H3/b10-7-,19-16-,25-23-,31-29-. The molecule has 0 saturated heterocycles. The van der Waals surface area contributed by atoms with E-state index in [1.807, 2.05) is 0 Å². The first-order valence-electron chi connectivity index (χ1n) is 32.6. The van der Waals surface area contributed by atoms with E-state index in [2.05, 4.69) is 69.4 Å². The van der Waals surface area contributed by atoms with E-state index in [9.17, 15) is 14.4 Å². The van der Waals surface area contributed by atoms with Crippen molar-refractivity contribution in [2.45, 2.75) is 354 Å². The molecule has 0 aromatic heterocycles. The minimum Gasteiger partial charge on any atom is -0.462 e. The second-order valence-electron chi connectivity index (χ2n) is 22.0. The summed E-state index contributed by atoms with van der Waals surface area (Å²) in [5, 5.41) is 0. The molecule has 0 aliphatic heterocycles. The molecule has 0 radical (unpaired) electrons. The van der Waals surface area contributed by atoms with Crippen LogP contribution in [0.25, 0.3) is 0 Å². The summed E-state index contributed by atoms with van der Waals surface area (Å²) in [6, 6.07) is 0. The Morgan fingerprint density at radius 3 is 0.824 bits per heavy atom. The second kappa shape index (κ2) is 62.9. The van der Waals surface area contributed by atoms with Gasteiger partial charge in [-0.3, -0.25) is 14.4 Å². The lowest BCUT2D eigenvalue weighted by Crippen LogP contribution is -2.30. The Hall–Kier alpha value is -2.63. The van der Waals surface area contributed by atoms with Crippen LogP contribution >= 0.6 is 0 Å². The second-order valence-corrected chi connectivity index (χ2v) is 22.0. The van der Waals surface area contributed by atoms with Crippen molar-refractivity contribution in [3.05, 3.63) is 48.6 Å². The number of carbonyl (C=O) groups excluding carboxylic acids is 3. The fourth-order valence-corrected chi connectivity index (χ4v) is 9.73. The summed E-state index contributed by atoms with van der Waals surface area (Å²) < 4.78 is 16.9. The third-order valence-electron chi connectivity index (χ3n) is 14.6. The Morgan fingerprint density at radius 2 is 0.527 bits per heavy atom. The summed E-state index contributed by atoms with van der Waals surface area (Å²) in [7, 11) is 0. The third-order valence-corrected chi connectivity index (χ3v) is 14.6. The monoisotopic (exact) mass is 1040 g/mol. The number of hydrogen-bond acceptors (Lipinski definition) is 6. The van der Waals surface area contributed by atoms with E-state index in [0.717, 1.165) is 83.5 Å². The van der Waals surface area contributed by atoms with Crippen molar-refractivity contribution in [3.8, 4) is 0 Å². The number of allylic oxidation sites excluding steroid dienone is 8. The number of carbonyl (C=O) groups is 3. The van der Waals surface area contributed by atoms with Crippen molar-refractivity contribution in [2.24, 2.45) is 0 Å². The minimum absolute atomic E-state index is 0.0681. The van der Waals surface area contributed by atoms with E-state index in [4.69, 9.17) is 14.2 Å². The molecule has 1 unspecified atom stereocenters. The van der Waals surface area contributed by atoms with E-state index >= 15 is 0 Å². The number of ether oxygens (including phenoxy) is 3. The smallest absolute Gasteiger partial charge is 0.306 e. The van der Waals surface area contributed by atoms with Crippen molar-refractivity contribution >= 4 is 17.9 Å². The first-order chi connectivity index (χ1) is 36.5. The van der Waals surface area contributed by atoms with Crippen molar-refractivity contribution < 1.29 is 28.6 Å². The average molecular weight is 1040 g/mol. The van der Waals surface area contributed by atoms with Crippen LogP contribution in [0.1, 0.15) is 348 Å². The summed E-state index contributed by atoms with van der Waals surface area (Å²) in [4.78, 5) is 38.2. The molecular formula is C68H124O6. The number of rotatable bonds is 60.